The predicted molar refractivity (Wildman–Crippen MR) is 79.8 cm³/mol. The minimum Gasteiger partial charge on any atom is -0.444 e. The number of aliphatic hydroxyl groups excluding tert-OH is 1. The molecule has 0 bridgehead atoms. The molecule has 0 aliphatic carbocycles. The molecule has 4 nitrogen and oxygen atoms in total. The molecular weight excluding hydrogens is 330 g/mol. The molecule has 24 heavy (non-hydrogen) atoms. The number of alkyl halides is 3. The van der Waals surface area contributed by atoms with Crippen LogP contribution in [-0.2, 0) is 10.9 Å². The molecule has 2 N–H and O–H groups in total. The quantitative estimate of drug-likeness (QED) is 0.803. The maximum absolute atomic E-state index is 13.6. The lowest BCUT2D eigenvalue weighted by Crippen LogP contribution is -2.49. The van der Waals surface area contributed by atoms with Crippen molar-refractivity contribution in [2.45, 2.75) is 58.0 Å². The van der Waals surface area contributed by atoms with Crippen molar-refractivity contribution in [2.75, 3.05) is 0 Å². The predicted octanol–water partition coefficient (Wildman–Crippen LogP) is 4.18. The number of carbonyl (C=O) groups is 1. The summed E-state index contributed by atoms with van der Waals surface area (Å²) in [7, 11) is 0. The number of benzene rings is 1. The minimum absolute atomic E-state index is 0.0958. The van der Waals surface area contributed by atoms with Crippen LogP contribution in [0, 0.1) is 5.82 Å². The van der Waals surface area contributed by atoms with Crippen LogP contribution in [0.4, 0.5) is 22.4 Å². The molecule has 1 unspecified atom stereocenters. The standard InChI is InChI=1S/C16H21F4NO3/c1-14(2,3)24-13(23)21-15(4,5)12(22)9-6-7-10(11(17)8-9)16(18,19)20/h6-8,12,22H,1-5H3,(H,21,23). The van der Waals surface area contributed by atoms with Gasteiger partial charge in [-0.3, -0.25) is 0 Å². The molecule has 1 aromatic carbocycles. The maximum atomic E-state index is 13.6. The highest BCUT2D eigenvalue weighted by Gasteiger charge is 2.36. The molecule has 1 rings (SSSR count). The van der Waals surface area contributed by atoms with Crippen LogP contribution in [0.3, 0.4) is 0 Å². The Morgan fingerprint density at radius 2 is 1.71 bits per heavy atom. The van der Waals surface area contributed by atoms with Crippen molar-refractivity contribution < 1.29 is 32.2 Å². The lowest BCUT2D eigenvalue weighted by atomic mass is 9.90. The third kappa shape index (κ3) is 5.36. The Kier molecular flexibility index (Phi) is 5.54. The fourth-order valence-corrected chi connectivity index (χ4v) is 1.98. The highest BCUT2D eigenvalue weighted by molar-refractivity contribution is 5.68. The van der Waals surface area contributed by atoms with E-state index in [4.69, 9.17) is 4.74 Å². The zero-order valence-corrected chi connectivity index (χ0v) is 14.1. The van der Waals surface area contributed by atoms with Gasteiger partial charge in [0.25, 0.3) is 0 Å². The van der Waals surface area contributed by atoms with Gasteiger partial charge in [0.15, 0.2) is 0 Å². The van der Waals surface area contributed by atoms with E-state index < -0.39 is 40.9 Å². The van der Waals surface area contributed by atoms with Crippen molar-refractivity contribution in [3.63, 3.8) is 0 Å². The number of carbonyl (C=O) groups excluding carboxylic acids is 1. The molecule has 1 aromatic rings. The van der Waals surface area contributed by atoms with E-state index in [0.29, 0.717) is 12.1 Å². The summed E-state index contributed by atoms with van der Waals surface area (Å²) in [5, 5.41) is 12.7. The van der Waals surface area contributed by atoms with Crippen molar-refractivity contribution in [1.82, 2.24) is 5.32 Å². The van der Waals surface area contributed by atoms with E-state index in [1.54, 1.807) is 20.8 Å². The molecule has 1 atom stereocenters. The summed E-state index contributed by atoms with van der Waals surface area (Å²) in [5.74, 6) is -1.49. The summed E-state index contributed by atoms with van der Waals surface area (Å²) in [5.41, 5.74) is -3.57. The highest BCUT2D eigenvalue weighted by Crippen LogP contribution is 2.34. The Morgan fingerprint density at radius 1 is 1.17 bits per heavy atom. The van der Waals surface area contributed by atoms with E-state index in [1.165, 1.54) is 13.8 Å². The van der Waals surface area contributed by atoms with Crippen LogP contribution in [0.1, 0.15) is 51.8 Å². The Hall–Kier alpha value is -1.83. The molecule has 0 saturated heterocycles. The van der Waals surface area contributed by atoms with Crippen LogP contribution in [0.5, 0.6) is 0 Å². The van der Waals surface area contributed by atoms with Crippen LogP contribution in [0.25, 0.3) is 0 Å². The van der Waals surface area contributed by atoms with E-state index in [9.17, 15) is 27.5 Å². The molecule has 136 valence electrons. The summed E-state index contributed by atoms with van der Waals surface area (Å²) in [6.07, 6.45) is -7.07. The zero-order chi connectivity index (χ0) is 18.9. The fraction of sp³-hybridized carbons (Fsp3) is 0.562. The van der Waals surface area contributed by atoms with Crippen LogP contribution < -0.4 is 5.32 Å². The summed E-state index contributed by atoms with van der Waals surface area (Å²) < 4.78 is 56.4. The van der Waals surface area contributed by atoms with Gasteiger partial charge in [-0.15, -0.1) is 0 Å². The van der Waals surface area contributed by atoms with Crippen molar-refractivity contribution in [2.24, 2.45) is 0 Å². The van der Waals surface area contributed by atoms with Gasteiger partial charge in [0.05, 0.1) is 11.1 Å². The van der Waals surface area contributed by atoms with Crippen molar-refractivity contribution in [1.29, 1.82) is 0 Å². The molecule has 0 aliphatic rings. The zero-order valence-electron chi connectivity index (χ0n) is 14.1. The number of rotatable bonds is 3. The Morgan fingerprint density at radius 3 is 2.12 bits per heavy atom. The van der Waals surface area contributed by atoms with E-state index in [0.717, 1.165) is 6.07 Å². The molecule has 0 aromatic heterocycles. The molecule has 0 radical (unpaired) electrons. The van der Waals surface area contributed by atoms with Crippen LogP contribution in [0.15, 0.2) is 18.2 Å². The van der Waals surface area contributed by atoms with Gasteiger partial charge in [-0.05, 0) is 52.3 Å². The van der Waals surface area contributed by atoms with Gasteiger partial charge in [0, 0.05) is 0 Å². The van der Waals surface area contributed by atoms with Crippen LogP contribution >= 0.6 is 0 Å². The molecule has 0 fully saturated rings. The fourth-order valence-electron chi connectivity index (χ4n) is 1.98. The highest BCUT2D eigenvalue weighted by atomic mass is 19.4. The molecule has 0 aliphatic heterocycles. The number of amides is 1. The normalized spacial score (nSPS) is 14.2. The first-order chi connectivity index (χ1) is 10.6. The molecular formula is C16H21F4NO3. The third-order valence-corrected chi connectivity index (χ3v) is 3.12. The van der Waals surface area contributed by atoms with Gasteiger partial charge in [0.2, 0.25) is 0 Å². The van der Waals surface area contributed by atoms with E-state index >= 15 is 0 Å². The van der Waals surface area contributed by atoms with Crippen molar-refractivity contribution >= 4 is 6.09 Å². The van der Waals surface area contributed by atoms with Gasteiger partial charge >= 0.3 is 12.3 Å². The molecule has 8 heteroatoms. The number of alkyl carbamates (subject to hydrolysis) is 1. The van der Waals surface area contributed by atoms with E-state index in [-0.39, 0.29) is 5.56 Å². The number of halogens is 4. The molecule has 0 saturated carbocycles. The maximum Gasteiger partial charge on any atom is 0.419 e. The van der Waals surface area contributed by atoms with E-state index in [1.807, 2.05) is 0 Å². The third-order valence-electron chi connectivity index (χ3n) is 3.12. The number of aliphatic hydroxyl groups is 1. The number of ether oxygens (including phenoxy) is 1. The Balaban J connectivity index is 2.97. The smallest absolute Gasteiger partial charge is 0.419 e. The van der Waals surface area contributed by atoms with Gasteiger partial charge in [0.1, 0.15) is 17.5 Å². The van der Waals surface area contributed by atoms with Gasteiger partial charge < -0.3 is 15.2 Å². The summed E-state index contributed by atoms with van der Waals surface area (Å²) in [6, 6.07) is 2.12. The average Bonchev–Trinajstić information content (AvgIpc) is 2.32. The van der Waals surface area contributed by atoms with E-state index in [2.05, 4.69) is 5.32 Å². The lowest BCUT2D eigenvalue weighted by Gasteiger charge is -2.33. The summed E-state index contributed by atoms with van der Waals surface area (Å²) in [4.78, 5) is 11.8. The average molecular weight is 351 g/mol. The van der Waals surface area contributed by atoms with Gasteiger partial charge in [-0.25, -0.2) is 9.18 Å². The van der Waals surface area contributed by atoms with Gasteiger partial charge in [-0.2, -0.15) is 13.2 Å². The Labute approximate surface area is 137 Å². The molecule has 0 heterocycles. The van der Waals surface area contributed by atoms with Crippen LogP contribution in [0.2, 0.25) is 0 Å². The SMILES string of the molecule is CC(C)(C)OC(=O)NC(C)(C)C(O)c1ccc(C(F)(F)F)c(F)c1. The molecule has 0 spiro atoms. The second-order valence-electron chi connectivity index (χ2n) is 6.99. The Bertz CT molecular complexity index is 606. The first-order valence-electron chi connectivity index (χ1n) is 7.19. The van der Waals surface area contributed by atoms with Crippen molar-refractivity contribution in [3.8, 4) is 0 Å². The topological polar surface area (TPSA) is 58.6 Å². The second-order valence-corrected chi connectivity index (χ2v) is 6.99. The van der Waals surface area contributed by atoms with Crippen molar-refractivity contribution in [3.05, 3.63) is 35.1 Å². The minimum atomic E-state index is -4.82. The summed E-state index contributed by atoms with van der Waals surface area (Å²) in [6.45, 7) is 7.85. The first-order valence-corrected chi connectivity index (χ1v) is 7.19. The second kappa shape index (κ2) is 6.58. The molecule has 1 amide bonds. The lowest BCUT2D eigenvalue weighted by molar-refractivity contribution is -0.140. The number of hydrogen-bond donors (Lipinski definition) is 2. The number of nitrogens with one attached hydrogen (secondary N) is 1. The first kappa shape index (κ1) is 20.2. The van der Waals surface area contributed by atoms with Crippen LogP contribution in [-0.4, -0.2) is 22.3 Å². The van der Waals surface area contributed by atoms with Gasteiger partial charge in [-0.1, -0.05) is 6.07 Å². The largest absolute Gasteiger partial charge is 0.444 e. The summed E-state index contributed by atoms with van der Waals surface area (Å²) >= 11 is 0. The number of hydrogen-bond acceptors (Lipinski definition) is 3. The monoisotopic (exact) mass is 351 g/mol.